The zero-order valence-corrected chi connectivity index (χ0v) is 7.71. The van der Waals surface area contributed by atoms with E-state index in [0.717, 1.165) is 16.0 Å². The molecule has 0 aliphatic heterocycles. The summed E-state index contributed by atoms with van der Waals surface area (Å²) in [6, 6.07) is 14.1. The second-order valence-corrected chi connectivity index (χ2v) is 3.56. The molecule has 13 heavy (non-hydrogen) atoms. The van der Waals surface area contributed by atoms with Gasteiger partial charge in [0.1, 0.15) is 10.9 Å². The minimum absolute atomic E-state index is 0.784. The summed E-state index contributed by atoms with van der Waals surface area (Å²) in [5.74, 6) is 0. The van der Waals surface area contributed by atoms with Gasteiger partial charge in [-0.25, -0.2) is 0 Å². The Balaban J connectivity index is 2.54. The van der Waals surface area contributed by atoms with Crippen molar-refractivity contribution in [2.24, 2.45) is 0 Å². The summed E-state index contributed by atoms with van der Waals surface area (Å²) in [7, 11) is 0. The van der Waals surface area contributed by atoms with Gasteiger partial charge >= 0.3 is 0 Å². The smallest absolute Gasteiger partial charge is 0.112 e. The first kappa shape index (κ1) is 8.03. The summed E-state index contributed by atoms with van der Waals surface area (Å²) < 4.78 is 0. The third kappa shape index (κ3) is 1.47. The van der Waals surface area contributed by atoms with Gasteiger partial charge in [0.15, 0.2) is 0 Å². The van der Waals surface area contributed by atoms with E-state index in [1.165, 1.54) is 11.3 Å². The van der Waals surface area contributed by atoms with E-state index in [1.807, 2.05) is 41.8 Å². The fraction of sp³-hybridized carbons (Fsp3) is 0. The largest absolute Gasteiger partial charge is 0.192 e. The van der Waals surface area contributed by atoms with E-state index in [9.17, 15) is 0 Å². The van der Waals surface area contributed by atoms with Crippen molar-refractivity contribution in [3.63, 3.8) is 0 Å². The molecule has 0 aliphatic carbocycles. The molecule has 0 bridgehead atoms. The highest BCUT2D eigenvalue weighted by Crippen LogP contribution is 2.26. The summed E-state index contributed by atoms with van der Waals surface area (Å²) in [6.07, 6.45) is 0. The van der Waals surface area contributed by atoms with Crippen LogP contribution in [0.15, 0.2) is 41.8 Å². The van der Waals surface area contributed by atoms with E-state index >= 15 is 0 Å². The van der Waals surface area contributed by atoms with E-state index in [0.29, 0.717) is 0 Å². The number of hydrogen-bond acceptors (Lipinski definition) is 2. The fourth-order valence-corrected chi connectivity index (χ4v) is 1.95. The minimum atomic E-state index is 0.784. The van der Waals surface area contributed by atoms with Crippen LogP contribution in [0.2, 0.25) is 0 Å². The van der Waals surface area contributed by atoms with Gasteiger partial charge in [-0.2, -0.15) is 5.26 Å². The average Bonchev–Trinajstić information content (AvgIpc) is 2.67. The Bertz CT molecular complexity index is 437. The van der Waals surface area contributed by atoms with Crippen LogP contribution in [0, 0.1) is 11.3 Å². The fourth-order valence-electron chi connectivity index (χ4n) is 1.24. The number of nitrogens with zero attached hydrogens (tertiary/aromatic N) is 1. The average molecular weight is 185 g/mol. The van der Waals surface area contributed by atoms with E-state index in [4.69, 9.17) is 5.26 Å². The highest BCUT2D eigenvalue weighted by molar-refractivity contribution is 7.11. The normalized spacial score (nSPS) is 9.46. The minimum Gasteiger partial charge on any atom is -0.192 e. The molecule has 2 aromatic rings. The van der Waals surface area contributed by atoms with Crippen LogP contribution in [0.25, 0.3) is 11.1 Å². The second-order valence-electron chi connectivity index (χ2n) is 2.64. The van der Waals surface area contributed by atoms with Crippen LogP contribution in [0.5, 0.6) is 0 Å². The van der Waals surface area contributed by atoms with Crippen LogP contribution in [0.4, 0.5) is 0 Å². The summed E-state index contributed by atoms with van der Waals surface area (Å²) in [5, 5.41) is 10.8. The molecule has 0 spiro atoms. The predicted octanol–water partition coefficient (Wildman–Crippen LogP) is 3.29. The Morgan fingerprint density at radius 2 is 1.85 bits per heavy atom. The molecule has 0 amide bonds. The topological polar surface area (TPSA) is 23.8 Å². The van der Waals surface area contributed by atoms with Gasteiger partial charge in [0.05, 0.1) is 0 Å². The molecular formula is C11H7NS. The van der Waals surface area contributed by atoms with Gasteiger partial charge < -0.3 is 0 Å². The Labute approximate surface area is 80.9 Å². The molecule has 0 radical (unpaired) electrons. The first-order valence-corrected chi connectivity index (χ1v) is 4.83. The number of nitriles is 1. The van der Waals surface area contributed by atoms with Crippen molar-refractivity contribution in [1.82, 2.24) is 0 Å². The first-order chi connectivity index (χ1) is 6.42. The summed E-state index contributed by atoms with van der Waals surface area (Å²) in [6.45, 7) is 0. The predicted molar refractivity (Wildman–Crippen MR) is 54.5 cm³/mol. The molecule has 1 aromatic carbocycles. The molecule has 62 valence electrons. The maximum Gasteiger partial charge on any atom is 0.112 e. The molecular weight excluding hydrogens is 178 g/mol. The lowest BCUT2D eigenvalue weighted by atomic mass is 10.1. The lowest BCUT2D eigenvalue weighted by Crippen LogP contribution is -1.75. The van der Waals surface area contributed by atoms with Crippen LogP contribution >= 0.6 is 11.3 Å². The molecule has 0 N–H and O–H groups in total. The Morgan fingerprint density at radius 1 is 1.08 bits per heavy atom. The Morgan fingerprint density at radius 3 is 2.54 bits per heavy atom. The second kappa shape index (κ2) is 3.42. The van der Waals surface area contributed by atoms with Crippen molar-refractivity contribution in [3.05, 3.63) is 46.7 Å². The van der Waals surface area contributed by atoms with Crippen molar-refractivity contribution in [1.29, 1.82) is 5.26 Å². The molecule has 0 unspecified atom stereocenters. The van der Waals surface area contributed by atoms with Gasteiger partial charge in [0.2, 0.25) is 0 Å². The zero-order chi connectivity index (χ0) is 9.10. The molecule has 1 aromatic heterocycles. The molecule has 0 fully saturated rings. The van der Waals surface area contributed by atoms with Crippen LogP contribution in [0.1, 0.15) is 4.88 Å². The van der Waals surface area contributed by atoms with E-state index < -0.39 is 0 Å². The molecule has 0 saturated carbocycles. The van der Waals surface area contributed by atoms with Crippen LogP contribution < -0.4 is 0 Å². The standard InChI is InChI=1S/C11H7NS/c12-8-11-10(6-7-13-11)9-4-2-1-3-5-9/h1-7H. The van der Waals surface area contributed by atoms with E-state index in [-0.39, 0.29) is 0 Å². The Kier molecular flexibility index (Phi) is 2.11. The highest BCUT2D eigenvalue weighted by Gasteiger charge is 2.04. The number of hydrogen-bond donors (Lipinski definition) is 0. The number of benzene rings is 1. The van der Waals surface area contributed by atoms with Crippen molar-refractivity contribution < 1.29 is 0 Å². The van der Waals surface area contributed by atoms with Gasteiger partial charge in [-0.15, -0.1) is 11.3 Å². The summed E-state index contributed by atoms with van der Waals surface area (Å²) in [4.78, 5) is 0.784. The molecule has 2 heteroatoms. The monoisotopic (exact) mass is 185 g/mol. The molecule has 2 rings (SSSR count). The van der Waals surface area contributed by atoms with Gasteiger partial charge in [-0.05, 0) is 17.0 Å². The SMILES string of the molecule is N#Cc1sccc1-c1ccccc1. The molecule has 0 atom stereocenters. The summed E-state index contributed by atoms with van der Waals surface area (Å²) in [5.41, 5.74) is 2.15. The van der Waals surface area contributed by atoms with Gasteiger partial charge in [-0.1, -0.05) is 30.3 Å². The summed E-state index contributed by atoms with van der Waals surface area (Å²) >= 11 is 1.48. The first-order valence-electron chi connectivity index (χ1n) is 3.95. The maximum absolute atomic E-state index is 8.83. The van der Waals surface area contributed by atoms with Crippen LogP contribution in [-0.2, 0) is 0 Å². The van der Waals surface area contributed by atoms with Gasteiger partial charge in [0, 0.05) is 5.56 Å². The maximum atomic E-state index is 8.83. The molecule has 0 aliphatic rings. The van der Waals surface area contributed by atoms with Gasteiger partial charge in [-0.3, -0.25) is 0 Å². The lowest BCUT2D eigenvalue weighted by Gasteiger charge is -1.96. The zero-order valence-electron chi connectivity index (χ0n) is 6.90. The lowest BCUT2D eigenvalue weighted by molar-refractivity contribution is 1.52. The quantitative estimate of drug-likeness (QED) is 0.668. The number of rotatable bonds is 1. The van der Waals surface area contributed by atoms with Crippen LogP contribution in [-0.4, -0.2) is 0 Å². The van der Waals surface area contributed by atoms with E-state index in [1.54, 1.807) is 0 Å². The molecule has 0 saturated heterocycles. The molecule has 1 nitrogen and oxygen atoms in total. The third-order valence-corrected chi connectivity index (χ3v) is 2.67. The van der Waals surface area contributed by atoms with Gasteiger partial charge in [0.25, 0.3) is 0 Å². The van der Waals surface area contributed by atoms with E-state index in [2.05, 4.69) is 6.07 Å². The van der Waals surface area contributed by atoms with Crippen molar-refractivity contribution in [2.45, 2.75) is 0 Å². The van der Waals surface area contributed by atoms with Crippen molar-refractivity contribution in [2.75, 3.05) is 0 Å². The van der Waals surface area contributed by atoms with Crippen molar-refractivity contribution in [3.8, 4) is 17.2 Å². The number of thiophene rings is 1. The highest BCUT2D eigenvalue weighted by atomic mass is 32.1. The van der Waals surface area contributed by atoms with Crippen LogP contribution in [0.3, 0.4) is 0 Å². The third-order valence-electron chi connectivity index (χ3n) is 1.85. The van der Waals surface area contributed by atoms with Crippen molar-refractivity contribution >= 4 is 11.3 Å². The Hall–Kier alpha value is -1.59. The molecule has 1 heterocycles.